The number of aliphatic hydroxyl groups is 1. The first kappa shape index (κ1) is 15.0. The Labute approximate surface area is 109 Å². The van der Waals surface area contributed by atoms with Gasteiger partial charge in [0.2, 0.25) is 0 Å². The van der Waals surface area contributed by atoms with Crippen LogP contribution in [0, 0.1) is 0 Å². The molecule has 0 aliphatic rings. The Balaban J connectivity index is 2.09. The Kier molecular flexibility index (Phi) is 7.46. The van der Waals surface area contributed by atoms with Crippen LogP contribution in [-0.2, 0) is 11.3 Å². The van der Waals surface area contributed by atoms with E-state index in [1.165, 1.54) is 19.3 Å². The number of hydrogen-bond acceptors (Lipinski definition) is 3. The minimum Gasteiger partial charge on any atom is -0.508 e. The standard InChI is InChI=1S/C15H24O3/c1-2-3-4-5-8-15(17)12-18-11-13-7-6-9-14(16)10-13/h6-7,9-10,15-17H,2-5,8,11-12H2,1H3. The zero-order valence-electron chi connectivity index (χ0n) is 11.1. The SMILES string of the molecule is CCCCCCC(O)COCc1cccc(O)c1. The maximum absolute atomic E-state index is 9.71. The molecule has 1 rings (SSSR count). The summed E-state index contributed by atoms with van der Waals surface area (Å²) >= 11 is 0. The third-order valence-electron chi connectivity index (χ3n) is 2.88. The maximum Gasteiger partial charge on any atom is 0.115 e. The Morgan fingerprint density at radius 2 is 2.06 bits per heavy atom. The van der Waals surface area contributed by atoms with Gasteiger partial charge < -0.3 is 14.9 Å². The Hall–Kier alpha value is -1.06. The molecule has 0 aromatic heterocycles. The second-order valence-corrected chi connectivity index (χ2v) is 4.69. The van der Waals surface area contributed by atoms with Crippen LogP contribution in [0.4, 0.5) is 0 Å². The first-order valence-electron chi connectivity index (χ1n) is 6.76. The van der Waals surface area contributed by atoms with E-state index in [1.807, 2.05) is 6.07 Å². The van der Waals surface area contributed by atoms with Gasteiger partial charge in [0.15, 0.2) is 0 Å². The van der Waals surface area contributed by atoms with E-state index in [0.717, 1.165) is 18.4 Å². The molecule has 1 aromatic rings. The van der Waals surface area contributed by atoms with Crippen molar-refractivity contribution < 1.29 is 14.9 Å². The molecule has 0 spiro atoms. The Morgan fingerprint density at radius 3 is 2.78 bits per heavy atom. The zero-order chi connectivity index (χ0) is 13.2. The van der Waals surface area contributed by atoms with Gasteiger partial charge in [-0.25, -0.2) is 0 Å². The fourth-order valence-corrected chi connectivity index (χ4v) is 1.85. The smallest absolute Gasteiger partial charge is 0.115 e. The van der Waals surface area contributed by atoms with Crippen LogP contribution in [0.2, 0.25) is 0 Å². The van der Waals surface area contributed by atoms with Crippen molar-refractivity contribution in [1.29, 1.82) is 0 Å². The van der Waals surface area contributed by atoms with Crippen LogP contribution in [0.15, 0.2) is 24.3 Å². The van der Waals surface area contributed by atoms with E-state index in [2.05, 4.69) is 6.92 Å². The van der Waals surface area contributed by atoms with Gasteiger partial charge in [-0.05, 0) is 24.1 Å². The quantitative estimate of drug-likeness (QED) is 0.663. The third-order valence-corrected chi connectivity index (χ3v) is 2.88. The first-order chi connectivity index (χ1) is 8.72. The van der Waals surface area contributed by atoms with Gasteiger partial charge in [0.25, 0.3) is 0 Å². The molecule has 0 aliphatic carbocycles. The lowest BCUT2D eigenvalue weighted by molar-refractivity contribution is 0.0233. The van der Waals surface area contributed by atoms with Gasteiger partial charge in [0.1, 0.15) is 5.75 Å². The monoisotopic (exact) mass is 252 g/mol. The van der Waals surface area contributed by atoms with E-state index >= 15 is 0 Å². The van der Waals surface area contributed by atoms with Gasteiger partial charge >= 0.3 is 0 Å². The molecule has 3 nitrogen and oxygen atoms in total. The molecule has 0 saturated carbocycles. The number of rotatable bonds is 9. The maximum atomic E-state index is 9.71. The summed E-state index contributed by atoms with van der Waals surface area (Å²) in [5.41, 5.74) is 0.924. The summed E-state index contributed by atoms with van der Waals surface area (Å²) in [6.45, 7) is 2.97. The fraction of sp³-hybridized carbons (Fsp3) is 0.600. The predicted octanol–water partition coefficient (Wildman–Crippen LogP) is 3.24. The number of hydrogen-bond donors (Lipinski definition) is 2. The molecular formula is C15H24O3. The van der Waals surface area contributed by atoms with E-state index in [0.29, 0.717) is 13.2 Å². The highest BCUT2D eigenvalue weighted by Crippen LogP contribution is 2.12. The predicted molar refractivity (Wildman–Crippen MR) is 72.5 cm³/mol. The normalized spacial score (nSPS) is 12.6. The summed E-state index contributed by atoms with van der Waals surface area (Å²) in [5, 5.41) is 19.0. The second kappa shape index (κ2) is 8.95. The van der Waals surface area contributed by atoms with Gasteiger partial charge in [0.05, 0.1) is 19.3 Å². The molecule has 0 saturated heterocycles. The minimum absolute atomic E-state index is 0.246. The van der Waals surface area contributed by atoms with Gasteiger partial charge in [-0.1, -0.05) is 44.7 Å². The lowest BCUT2D eigenvalue weighted by atomic mass is 10.1. The summed E-state index contributed by atoms with van der Waals surface area (Å²) in [6, 6.07) is 6.99. The van der Waals surface area contributed by atoms with Gasteiger partial charge in [0, 0.05) is 0 Å². The number of phenols is 1. The van der Waals surface area contributed by atoms with Gasteiger partial charge in [-0.2, -0.15) is 0 Å². The highest BCUT2D eigenvalue weighted by molar-refractivity contribution is 5.26. The number of unbranched alkanes of at least 4 members (excludes halogenated alkanes) is 3. The number of aromatic hydroxyl groups is 1. The number of phenolic OH excluding ortho intramolecular Hbond substituents is 1. The molecule has 0 bridgehead atoms. The molecule has 0 aliphatic heterocycles. The van der Waals surface area contributed by atoms with Crippen molar-refractivity contribution in [2.75, 3.05) is 6.61 Å². The summed E-state index contributed by atoms with van der Waals surface area (Å²) in [6.07, 6.45) is 5.12. The van der Waals surface area contributed by atoms with Gasteiger partial charge in [-0.15, -0.1) is 0 Å². The topological polar surface area (TPSA) is 49.7 Å². The highest BCUT2D eigenvalue weighted by Gasteiger charge is 2.04. The van der Waals surface area contributed by atoms with Crippen molar-refractivity contribution in [3.63, 3.8) is 0 Å². The van der Waals surface area contributed by atoms with Crippen molar-refractivity contribution in [3.8, 4) is 5.75 Å². The van der Waals surface area contributed by atoms with Crippen LogP contribution in [0.3, 0.4) is 0 Å². The molecule has 1 aromatic carbocycles. The van der Waals surface area contributed by atoms with Crippen molar-refractivity contribution in [2.45, 2.75) is 51.7 Å². The van der Waals surface area contributed by atoms with Crippen LogP contribution in [-0.4, -0.2) is 22.9 Å². The molecule has 102 valence electrons. The Bertz CT molecular complexity index is 325. The molecular weight excluding hydrogens is 228 g/mol. The van der Waals surface area contributed by atoms with Crippen molar-refractivity contribution in [3.05, 3.63) is 29.8 Å². The van der Waals surface area contributed by atoms with Crippen molar-refractivity contribution >= 4 is 0 Å². The van der Waals surface area contributed by atoms with Crippen molar-refractivity contribution in [1.82, 2.24) is 0 Å². The van der Waals surface area contributed by atoms with Crippen LogP contribution in [0.1, 0.15) is 44.6 Å². The van der Waals surface area contributed by atoms with Crippen LogP contribution in [0.5, 0.6) is 5.75 Å². The molecule has 1 atom stereocenters. The van der Waals surface area contributed by atoms with E-state index in [1.54, 1.807) is 18.2 Å². The number of ether oxygens (including phenoxy) is 1. The molecule has 0 heterocycles. The van der Waals surface area contributed by atoms with Crippen LogP contribution >= 0.6 is 0 Å². The first-order valence-corrected chi connectivity index (χ1v) is 6.76. The van der Waals surface area contributed by atoms with Gasteiger partial charge in [-0.3, -0.25) is 0 Å². The summed E-state index contributed by atoms with van der Waals surface area (Å²) in [7, 11) is 0. The molecule has 2 N–H and O–H groups in total. The minimum atomic E-state index is -0.376. The molecule has 0 radical (unpaired) electrons. The van der Waals surface area contributed by atoms with Crippen LogP contribution < -0.4 is 0 Å². The summed E-state index contributed by atoms with van der Waals surface area (Å²) in [4.78, 5) is 0. The lowest BCUT2D eigenvalue weighted by Crippen LogP contribution is -2.15. The lowest BCUT2D eigenvalue weighted by Gasteiger charge is -2.11. The number of aliphatic hydroxyl groups excluding tert-OH is 1. The summed E-state index contributed by atoms with van der Waals surface area (Å²) < 4.78 is 5.43. The largest absolute Gasteiger partial charge is 0.508 e. The van der Waals surface area contributed by atoms with E-state index in [-0.39, 0.29) is 11.9 Å². The highest BCUT2D eigenvalue weighted by atomic mass is 16.5. The van der Waals surface area contributed by atoms with E-state index in [4.69, 9.17) is 4.74 Å². The van der Waals surface area contributed by atoms with Crippen LogP contribution in [0.25, 0.3) is 0 Å². The molecule has 0 fully saturated rings. The average Bonchev–Trinajstić information content (AvgIpc) is 2.35. The second-order valence-electron chi connectivity index (χ2n) is 4.69. The summed E-state index contributed by atoms with van der Waals surface area (Å²) in [5.74, 6) is 0.246. The molecule has 3 heteroatoms. The number of benzene rings is 1. The third kappa shape index (κ3) is 6.62. The average molecular weight is 252 g/mol. The van der Waals surface area contributed by atoms with E-state index in [9.17, 15) is 10.2 Å². The van der Waals surface area contributed by atoms with Crippen molar-refractivity contribution in [2.24, 2.45) is 0 Å². The zero-order valence-corrected chi connectivity index (χ0v) is 11.1. The fourth-order valence-electron chi connectivity index (χ4n) is 1.85. The molecule has 1 unspecified atom stereocenters. The van der Waals surface area contributed by atoms with E-state index < -0.39 is 0 Å². The molecule has 0 amide bonds. The molecule has 18 heavy (non-hydrogen) atoms. The Morgan fingerprint density at radius 1 is 1.22 bits per heavy atom.